The first kappa shape index (κ1) is 60.6. The molecule has 9 aromatic rings. The Labute approximate surface area is 488 Å². The summed E-state index contributed by atoms with van der Waals surface area (Å²) in [6.07, 6.45) is 0. The Morgan fingerprint density at radius 2 is 0.732 bits per heavy atom. The van der Waals surface area contributed by atoms with Crippen molar-refractivity contribution in [2.24, 2.45) is 9.98 Å². The minimum atomic E-state index is -1.18. The van der Waals surface area contributed by atoms with Gasteiger partial charge in [-0.15, -0.1) is 22.7 Å². The molecule has 422 valence electrons. The normalized spacial score (nSPS) is 13.7. The van der Waals surface area contributed by atoms with Crippen LogP contribution in [-0.2, 0) is 0 Å². The van der Waals surface area contributed by atoms with Crippen molar-refractivity contribution in [3.8, 4) is 11.5 Å². The van der Waals surface area contributed by atoms with Crippen molar-refractivity contribution in [1.82, 2.24) is 9.80 Å². The molecule has 0 amide bonds. The topological polar surface area (TPSA) is 185 Å². The third-order valence-corrected chi connectivity index (χ3v) is 14.9. The van der Waals surface area contributed by atoms with E-state index in [-0.39, 0.29) is 11.1 Å². The Hall–Kier alpha value is -9.06. The number of thiophene rings is 2. The van der Waals surface area contributed by atoms with Crippen LogP contribution in [0.1, 0.15) is 41.6 Å². The highest BCUT2D eigenvalue weighted by molar-refractivity contribution is 7.17. The maximum Gasteiger partial charge on any atom is 0.335 e. The minimum Gasteiger partial charge on any atom is -0.872 e. The Bertz CT molecular complexity index is 3110. The molecule has 0 atom stereocenters. The molecule has 0 aliphatic carbocycles. The fourth-order valence-corrected chi connectivity index (χ4v) is 10.5. The van der Waals surface area contributed by atoms with Crippen LogP contribution in [-0.4, -0.2) is 110 Å². The van der Waals surface area contributed by atoms with E-state index in [2.05, 4.69) is 109 Å². The third kappa shape index (κ3) is 18.5. The summed E-state index contributed by atoms with van der Waals surface area (Å²) in [6.45, 7) is 13.3. The summed E-state index contributed by atoms with van der Waals surface area (Å²) in [7, 11) is 4.53. The lowest BCUT2D eigenvalue weighted by Crippen LogP contribution is -3.12. The number of anilines is 4. The molecule has 14 nitrogen and oxygen atoms in total. The lowest BCUT2D eigenvalue weighted by molar-refractivity contribution is -0.883. The highest BCUT2D eigenvalue weighted by atomic mass is 32.1. The molecule has 0 radical (unpaired) electrons. The van der Waals surface area contributed by atoms with Gasteiger partial charge < -0.3 is 50.7 Å². The van der Waals surface area contributed by atoms with Gasteiger partial charge in [-0.1, -0.05) is 181 Å². The lowest BCUT2D eigenvalue weighted by atomic mass is 10.2. The number of quaternary nitrogens is 2. The molecule has 0 bridgehead atoms. The zero-order valence-corrected chi connectivity index (χ0v) is 48.2. The smallest absolute Gasteiger partial charge is 0.335 e. The molecular weight excluding hydrogens is 1060 g/mol. The quantitative estimate of drug-likeness (QED) is 0.0974. The van der Waals surface area contributed by atoms with Crippen LogP contribution in [0.5, 0.6) is 11.5 Å². The standard InChI is InChI=1S/2C17H20N4S.2C7H6O3.3C6H6/c2*1-12-11-13-16(21-9-7-20(2)8-10-21)18-14-5-3-4-6-15(14)19-17(13)22-12;2*8-6-4-2-1-3-5(6)7(9)10;3*1-2-4-6-5-3-1/h2*3-6,11,19H,7-10H2,1-2H3;2*1-4,8H,(H,9,10);3*1-6H. The number of aryl methyl sites for hydroxylation is 2. The SMILES string of the molecule is Cc1cc2c(s1)Nc1ccccc1N=C2N1CC[NH+](C)CC1.Cc1cc2c(s1)Nc1ccccc1N=C2N1CC[NH+](C)CC1.O=C(O)c1ccccc1[O-].O=C(O)c1ccccc1[O-].c1ccccc1.c1ccccc1.c1ccccc1. The summed E-state index contributed by atoms with van der Waals surface area (Å²) in [4.78, 5) is 41.2. The summed E-state index contributed by atoms with van der Waals surface area (Å²) in [5.41, 5.74) is 6.40. The molecule has 13 rings (SSSR count). The highest BCUT2D eigenvalue weighted by Gasteiger charge is 2.28. The van der Waals surface area contributed by atoms with Crippen molar-refractivity contribution in [3.05, 3.63) is 250 Å². The predicted molar refractivity (Wildman–Crippen MR) is 331 cm³/mol. The Kier molecular flexibility index (Phi) is 23.4. The zero-order valence-electron chi connectivity index (χ0n) is 46.6. The van der Waals surface area contributed by atoms with Gasteiger partial charge in [-0.25, -0.2) is 19.6 Å². The van der Waals surface area contributed by atoms with E-state index in [1.54, 1.807) is 9.80 Å². The fraction of sp³-hybridized carbons (Fsp3) is 0.182. The molecule has 0 spiro atoms. The van der Waals surface area contributed by atoms with E-state index >= 15 is 0 Å². The van der Waals surface area contributed by atoms with Gasteiger partial charge in [0.15, 0.2) is 0 Å². The number of aromatic carboxylic acids is 2. The van der Waals surface area contributed by atoms with E-state index < -0.39 is 23.4 Å². The molecule has 0 unspecified atom stereocenters. The second kappa shape index (κ2) is 31.7. The molecule has 16 heteroatoms. The van der Waals surface area contributed by atoms with Crippen molar-refractivity contribution in [2.75, 3.05) is 77.1 Å². The number of likely N-dealkylation sites (N-methyl/N-ethyl adjacent to an activating group) is 2. The summed E-state index contributed by atoms with van der Waals surface area (Å²) < 4.78 is 0. The number of nitrogens with zero attached hydrogens (tertiary/aromatic N) is 4. The summed E-state index contributed by atoms with van der Waals surface area (Å²) in [5, 5.41) is 47.7. The molecule has 6 N–H and O–H groups in total. The summed E-state index contributed by atoms with van der Waals surface area (Å²) in [5.74, 6) is -0.991. The van der Waals surface area contributed by atoms with Crippen molar-refractivity contribution >= 4 is 79.0 Å². The summed E-state index contributed by atoms with van der Waals surface area (Å²) in [6, 6.07) is 68.2. The van der Waals surface area contributed by atoms with Gasteiger partial charge >= 0.3 is 11.9 Å². The molecular formula is C66H70N8O6S2. The summed E-state index contributed by atoms with van der Waals surface area (Å²) >= 11 is 3.62. The molecule has 2 fully saturated rings. The maximum absolute atomic E-state index is 10.7. The van der Waals surface area contributed by atoms with E-state index in [4.69, 9.17) is 20.2 Å². The number of carboxylic acids is 2. The van der Waals surface area contributed by atoms with Gasteiger partial charge in [0, 0.05) is 9.75 Å². The Morgan fingerprint density at radius 1 is 0.451 bits per heavy atom. The first-order chi connectivity index (χ1) is 39.8. The van der Waals surface area contributed by atoms with E-state index in [1.807, 2.05) is 132 Å². The van der Waals surface area contributed by atoms with Crippen LogP contribution in [0.2, 0.25) is 0 Å². The van der Waals surface area contributed by atoms with E-state index in [9.17, 15) is 19.8 Å². The van der Waals surface area contributed by atoms with E-state index in [0.29, 0.717) is 0 Å². The van der Waals surface area contributed by atoms with Crippen LogP contribution in [0.4, 0.5) is 32.8 Å². The number of para-hydroxylation sites is 6. The lowest BCUT2D eigenvalue weighted by Gasteiger charge is -2.32. The van der Waals surface area contributed by atoms with Gasteiger partial charge in [-0.05, 0) is 62.4 Å². The molecule has 7 aromatic carbocycles. The molecule has 2 saturated heterocycles. The van der Waals surface area contributed by atoms with Gasteiger partial charge in [0.05, 0.1) is 111 Å². The number of hydrogen-bond donors (Lipinski definition) is 6. The molecule has 6 heterocycles. The number of amidine groups is 2. The molecule has 0 saturated carbocycles. The number of aliphatic imine (C=N–C) groups is 2. The van der Waals surface area contributed by atoms with Gasteiger partial charge in [-0.3, -0.25) is 0 Å². The first-order valence-corrected chi connectivity index (χ1v) is 28.7. The highest BCUT2D eigenvalue weighted by Crippen LogP contribution is 2.40. The number of nitrogens with one attached hydrogen (secondary N) is 4. The number of fused-ring (bicyclic) bond motifs is 4. The Morgan fingerprint density at radius 3 is 1.01 bits per heavy atom. The molecule has 4 aliphatic heterocycles. The van der Waals surface area contributed by atoms with Crippen molar-refractivity contribution in [2.45, 2.75) is 13.8 Å². The maximum atomic E-state index is 10.7. The molecule has 4 aliphatic rings. The predicted octanol–water partition coefficient (Wildman–Crippen LogP) is 10.0. The van der Waals surface area contributed by atoms with Gasteiger partial charge in [0.25, 0.3) is 0 Å². The van der Waals surface area contributed by atoms with Crippen molar-refractivity contribution in [3.63, 3.8) is 0 Å². The van der Waals surface area contributed by atoms with Crippen LogP contribution >= 0.6 is 22.7 Å². The number of carboxylic acid groups (broad SMARTS) is 2. The van der Waals surface area contributed by atoms with Crippen LogP contribution in [0, 0.1) is 13.8 Å². The average Bonchev–Trinajstić information content (AvgIpc) is 4.16. The number of piperazine rings is 2. The van der Waals surface area contributed by atoms with Crippen LogP contribution in [0.3, 0.4) is 0 Å². The molecule has 82 heavy (non-hydrogen) atoms. The monoisotopic (exact) mass is 1130 g/mol. The van der Waals surface area contributed by atoms with Crippen LogP contribution in [0.15, 0.2) is 228 Å². The van der Waals surface area contributed by atoms with E-state index in [1.165, 1.54) is 106 Å². The third-order valence-electron chi connectivity index (χ3n) is 13.0. The Balaban J connectivity index is 0.000000148. The largest absolute Gasteiger partial charge is 0.872 e. The van der Waals surface area contributed by atoms with Gasteiger partial charge in [-0.2, -0.15) is 0 Å². The number of hydrogen-bond acceptors (Lipinski definition) is 12. The van der Waals surface area contributed by atoms with Crippen molar-refractivity contribution in [1.29, 1.82) is 0 Å². The second-order valence-electron chi connectivity index (χ2n) is 19.3. The zero-order chi connectivity index (χ0) is 58.1. The van der Waals surface area contributed by atoms with Crippen molar-refractivity contribution < 1.29 is 39.8 Å². The first-order valence-electron chi connectivity index (χ1n) is 27.1. The fourth-order valence-electron chi connectivity index (χ4n) is 8.62. The second-order valence-corrected chi connectivity index (χ2v) is 21.8. The van der Waals surface area contributed by atoms with Crippen LogP contribution < -0.4 is 30.6 Å². The number of carbonyl (C=O) groups is 2. The van der Waals surface area contributed by atoms with Gasteiger partial charge in [0.2, 0.25) is 0 Å². The minimum absolute atomic E-state index is 0.178. The number of rotatable bonds is 2. The average molecular weight is 1140 g/mol. The van der Waals surface area contributed by atoms with Gasteiger partial charge in [0.1, 0.15) is 21.7 Å². The number of benzene rings is 7. The van der Waals surface area contributed by atoms with Crippen LogP contribution in [0.25, 0.3) is 0 Å². The molecule has 2 aromatic heterocycles. The van der Waals surface area contributed by atoms with E-state index in [0.717, 1.165) is 60.6 Å².